The van der Waals surface area contributed by atoms with Gasteiger partial charge < -0.3 is 5.11 Å². The summed E-state index contributed by atoms with van der Waals surface area (Å²) in [7, 11) is 0. The first-order valence-electron chi connectivity index (χ1n) is 6.59. The number of aromatic nitrogens is 3. The van der Waals surface area contributed by atoms with Gasteiger partial charge in [0.1, 0.15) is 5.75 Å². The Kier molecular flexibility index (Phi) is 3.69. The number of hydrogen-bond acceptors (Lipinski definition) is 4. The van der Waals surface area contributed by atoms with Crippen LogP contribution in [-0.2, 0) is 6.18 Å². The van der Waals surface area contributed by atoms with Crippen molar-refractivity contribution in [3.63, 3.8) is 0 Å². The Morgan fingerprint density at radius 3 is 2.48 bits per heavy atom. The Hall–Kier alpha value is -2.96. The Bertz CT molecular complexity index is 835. The quantitative estimate of drug-likeness (QED) is 0.778. The summed E-state index contributed by atoms with van der Waals surface area (Å²) in [6.45, 7) is 0. The predicted molar refractivity (Wildman–Crippen MR) is 77.4 cm³/mol. The van der Waals surface area contributed by atoms with Crippen LogP contribution < -0.4 is 0 Å². The van der Waals surface area contributed by atoms with Crippen molar-refractivity contribution in [2.45, 2.75) is 6.18 Å². The predicted octanol–water partition coefficient (Wildman–Crippen LogP) is 3.93. The van der Waals surface area contributed by atoms with E-state index in [0.717, 1.165) is 18.3 Å². The van der Waals surface area contributed by atoms with Gasteiger partial charge in [-0.15, -0.1) is 0 Å². The number of rotatable bonds is 2. The van der Waals surface area contributed by atoms with Crippen LogP contribution in [-0.4, -0.2) is 20.3 Å². The molecule has 3 rings (SSSR count). The molecule has 2 aromatic heterocycles. The van der Waals surface area contributed by atoms with Gasteiger partial charge >= 0.3 is 6.18 Å². The summed E-state index contributed by atoms with van der Waals surface area (Å²) >= 11 is 0. The molecule has 0 saturated heterocycles. The molecule has 0 atom stereocenters. The SMILES string of the molecule is Oc1cccc(-c2cc(C(F)(F)F)ccn2)c1-c1ccnnc1. The third-order valence-electron chi connectivity index (χ3n) is 3.28. The molecule has 0 spiro atoms. The van der Waals surface area contributed by atoms with E-state index in [9.17, 15) is 18.3 Å². The second-order valence-corrected chi connectivity index (χ2v) is 4.76. The molecular formula is C16H10F3N3O. The number of hydrogen-bond donors (Lipinski definition) is 1. The number of phenols is 1. The molecular weight excluding hydrogens is 307 g/mol. The maximum atomic E-state index is 12.9. The highest BCUT2D eigenvalue weighted by molar-refractivity contribution is 5.85. The summed E-state index contributed by atoms with van der Waals surface area (Å²) in [6, 6.07) is 8.06. The molecule has 0 saturated carbocycles. The van der Waals surface area contributed by atoms with Gasteiger partial charge in [0.15, 0.2) is 0 Å². The van der Waals surface area contributed by atoms with Gasteiger partial charge in [0.05, 0.1) is 23.7 Å². The van der Waals surface area contributed by atoms with Crippen molar-refractivity contribution in [1.29, 1.82) is 0 Å². The average molecular weight is 317 g/mol. The minimum absolute atomic E-state index is 0.0743. The van der Waals surface area contributed by atoms with Crippen LogP contribution in [0.1, 0.15) is 5.56 Å². The number of pyridine rings is 1. The number of nitrogens with zero attached hydrogens (tertiary/aromatic N) is 3. The van der Waals surface area contributed by atoms with Crippen LogP contribution in [0.2, 0.25) is 0 Å². The first-order chi connectivity index (χ1) is 11.0. The molecule has 0 fully saturated rings. The number of alkyl halides is 3. The van der Waals surface area contributed by atoms with E-state index < -0.39 is 11.7 Å². The van der Waals surface area contributed by atoms with Crippen molar-refractivity contribution in [3.8, 4) is 28.1 Å². The van der Waals surface area contributed by atoms with E-state index in [0.29, 0.717) is 16.7 Å². The fourth-order valence-corrected chi connectivity index (χ4v) is 2.25. The van der Waals surface area contributed by atoms with E-state index in [1.165, 1.54) is 18.5 Å². The fraction of sp³-hybridized carbons (Fsp3) is 0.0625. The van der Waals surface area contributed by atoms with E-state index >= 15 is 0 Å². The molecule has 1 N–H and O–H groups in total. The van der Waals surface area contributed by atoms with E-state index in [2.05, 4.69) is 15.2 Å². The highest BCUT2D eigenvalue weighted by Gasteiger charge is 2.31. The monoisotopic (exact) mass is 317 g/mol. The topological polar surface area (TPSA) is 58.9 Å². The van der Waals surface area contributed by atoms with Crippen LogP contribution in [0.5, 0.6) is 5.75 Å². The maximum Gasteiger partial charge on any atom is 0.416 e. The molecule has 2 heterocycles. The maximum absolute atomic E-state index is 12.9. The minimum Gasteiger partial charge on any atom is -0.507 e. The highest BCUT2D eigenvalue weighted by atomic mass is 19.4. The molecule has 0 aliphatic heterocycles. The smallest absolute Gasteiger partial charge is 0.416 e. The van der Waals surface area contributed by atoms with Gasteiger partial charge in [0.25, 0.3) is 0 Å². The lowest BCUT2D eigenvalue weighted by molar-refractivity contribution is -0.137. The zero-order valence-corrected chi connectivity index (χ0v) is 11.6. The van der Waals surface area contributed by atoms with Crippen molar-refractivity contribution < 1.29 is 18.3 Å². The zero-order valence-electron chi connectivity index (χ0n) is 11.6. The van der Waals surface area contributed by atoms with Crippen LogP contribution in [0.4, 0.5) is 13.2 Å². The summed E-state index contributed by atoms with van der Waals surface area (Å²) < 4.78 is 38.7. The minimum atomic E-state index is -4.47. The lowest BCUT2D eigenvalue weighted by atomic mass is 9.97. The lowest BCUT2D eigenvalue weighted by Crippen LogP contribution is -2.05. The molecule has 0 aliphatic carbocycles. The van der Waals surface area contributed by atoms with E-state index in [1.807, 2.05) is 0 Å². The van der Waals surface area contributed by atoms with Crippen LogP contribution >= 0.6 is 0 Å². The molecule has 7 heteroatoms. The molecule has 0 bridgehead atoms. The standard InChI is InChI=1S/C16H10F3N3O/c17-16(18,19)11-5-6-20-13(8-11)12-2-1-3-14(23)15(12)10-4-7-21-22-9-10/h1-9,23H. The van der Waals surface area contributed by atoms with Gasteiger partial charge in [-0.25, -0.2) is 0 Å². The number of halogens is 3. The summed E-state index contributed by atoms with van der Waals surface area (Å²) in [4.78, 5) is 4.00. The third kappa shape index (κ3) is 2.98. The van der Waals surface area contributed by atoms with Crippen LogP contribution in [0.15, 0.2) is 55.0 Å². The summed E-state index contributed by atoms with van der Waals surface area (Å²) in [5.74, 6) is -0.0743. The second kappa shape index (κ2) is 5.68. The molecule has 3 aromatic rings. The van der Waals surface area contributed by atoms with E-state index in [1.54, 1.807) is 18.2 Å². The molecule has 0 amide bonds. The summed E-state index contributed by atoms with van der Waals surface area (Å²) in [5.41, 5.74) is 0.581. The molecule has 0 aliphatic rings. The van der Waals surface area contributed by atoms with Crippen molar-refractivity contribution in [2.75, 3.05) is 0 Å². The molecule has 23 heavy (non-hydrogen) atoms. The number of aromatic hydroxyl groups is 1. The fourth-order valence-electron chi connectivity index (χ4n) is 2.25. The van der Waals surface area contributed by atoms with Gasteiger partial charge in [-0.3, -0.25) is 4.98 Å². The normalized spacial score (nSPS) is 11.4. The Morgan fingerprint density at radius 2 is 1.78 bits per heavy atom. The molecule has 116 valence electrons. The van der Waals surface area contributed by atoms with Gasteiger partial charge in [0, 0.05) is 22.9 Å². The van der Waals surface area contributed by atoms with Gasteiger partial charge in [-0.05, 0) is 24.3 Å². The molecule has 0 unspecified atom stereocenters. The van der Waals surface area contributed by atoms with Crippen LogP contribution in [0.25, 0.3) is 22.4 Å². The largest absolute Gasteiger partial charge is 0.507 e. The Morgan fingerprint density at radius 1 is 0.957 bits per heavy atom. The summed E-state index contributed by atoms with van der Waals surface area (Å²) in [5, 5.41) is 17.5. The second-order valence-electron chi connectivity index (χ2n) is 4.76. The first kappa shape index (κ1) is 15.0. The Labute approximate surface area is 129 Å². The third-order valence-corrected chi connectivity index (χ3v) is 3.28. The summed E-state index contributed by atoms with van der Waals surface area (Å²) in [6.07, 6.45) is -0.513. The Balaban J connectivity index is 2.21. The number of benzene rings is 1. The van der Waals surface area contributed by atoms with Crippen LogP contribution in [0, 0.1) is 0 Å². The van der Waals surface area contributed by atoms with Crippen molar-refractivity contribution in [3.05, 3.63) is 60.6 Å². The van der Waals surface area contributed by atoms with Gasteiger partial charge in [0.2, 0.25) is 0 Å². The van der Waals surface area contributed by atoms with Crippen molar-refractivity contribution in [2.24, 2.45) is 0 Å². The highest BCUT2D eigenvalue weighted by Crippen LogP contribution is 2.39. The van der Waals surface area contributed by atoms with Gasteiger partial charge in [-0.2, -0.15) is 23.4 Å². The first-order valence-corrected chi connectivity index (χ1v) is 6.59. The van der Waals surface area contributed by atoms with E-state index in [4.69, 9.17) is 0 Å². The molecule has 0 radical (unpaired) electrons. The zero-order chi connectivity index (χ0) is 16.4. The molecule has 1 aromatic carbocycles. The molecule has 4 nitrogen and oxygen atoms in total. The lowest BCUT2D eigenvalue weighted by Gasteiger charge is -2.12. The van der Waals surface area contributed by atoms with Crippen LogP contribution in [0.3, 0.4) is 0 Å². The van der Waals surface area contributed by atoms with Gasteiger partial charge in [-0.1, -0.05) is 12.1 Å². The average Bonchev–Trinajstić information content (AvgIpc) is 2.55. The van der Waals surface area contributed by atoms with Crippen molar-refractivity contribution in [1.82, 2.24) is 15.2 Å². The van der Waals surface area contributed by atoms with E-state index in [-0.39, 0.29) is 11.4 Å². The van der Waals surface area contributed by atoms with Crippen molar-refractivity contribution >= 4 is 0 Å². The number of phenolic OH excluding ortho intramolecular Hbond substituents is 1.